The Balaban J connectivity index is 1.48. The summed E-state index contributed by atoms with van der Waals surface area (Å²) in [6.45, 7) is 7.74. The fourth-order valence-electron chi connectivity index (χ4n) is 4.15. The molecular formula is C20H28N4O2. The molecule has 2 aromatic heterocycles. The van der Waals surface area contributed by atoms with Crippen LogP contribution in [-0.4, -0.2) is 51.1 Å². The first-order valence-electron chi connectivity index (χ1n) is 9.82. The van der Waals surface area contributed by atoms with Crippen molar-refractivity contribution in [3.8, 4) is 0 Å². The maximum atomic E-state index is 12.6. The Labute approximate surface area is 154 Å². The molecule has 6 nitrogen and oxygen atoms in total. The highest BCUT2D eigenvalue weighted by molar-refractivity contribution is 5.81. The zero-order valence-corrected chi connectivity index (χ0v) is 15.7. The molecule has 26 heavy (non-hydrogen) atoms. The van der Waals surface area contributed by atoms with Gasteiger partial charge in [-0.1, -0.05) is 13.8 Å². The highest BCUT2D eigenvalue weighted by Gasteiger charge is 2.33. The van der Waals surface area contributed by atoms with Gasteiger partial charge >= 0.3 is 0 Å². The molecule has 6 heteroatoms. The topological polar surface area (TPSA) is 60.2 Å². The largest absolute Gasteiger partial charge is 0.368 e. The van der Waals surface area contributed by atoms with Crippen LogP contribution in [0.3, 0.4) is 0 Å². The molecule has 2 saturated heterocycles. The number of likely N-dealkylation sites (tertiary alicyclic amines) is 1. The Morgan fingerprint density at radius 1 is 1.38 bits per heavy atom. The Kier molecular flexibility index (Phi) is 4.94. The molecule has 2 atom stereocenters. The predicted molar refractivity (Wildman–Crippen MR) is 99.7 cm³/mol. The summed E-state index contributed by atoms with van der Waals surface area (Å²) in [6, 6.07) is 3.97. The number of amides is 1. The standard InChI is InChI=1S/C20H28N4O2/c1-14(2)12-24-18(22-16-5-3-8-21-19(16)24)11-15-7-9-23(13-15)20(25)17-6-4-10-26-17/h3,5,8,14-15,17H,4,6-7,9-13H2,1-2H3/t15-,17-/m0/s1. The van der Waals surface area contributed by atoms with E-state index in [0.29, 0.717) is 11.8 Å². The third-order valence-electron chi connectivity index (χ3n) is 5.40. The third kappa shape index (κ3) is 3.47. The van der Waals surface area contributed by atoms with Gasteiger partial charge in [0, 0.05) is 38.9 Å². The molecular weight excluding hydrogens is 328 g/mol. The average Bonchev–Trinajstić information content (AvgIpc) is 3.36. The Bertz CT molecular complexity index is 779. The second-order valence-electron chi connectivity index (χ2n) is 8.02. The van der Waals surface area contributed by atoms with Gasteiger partial charge in [-0.2, -0.15) is 0 Å². The summed E-state index contributed by atoms with van der Waals surface area (Å²) in [5, 5.41) is 0. The van der Waals surface area contributed by atoms with E-state index >= 15 is 0 Å². The lowest BCUT2D eigenvalue weighted by molar-refractivity contribution is -0.139. The van der Waals surface area contributed by atoms with Gasteiger partial charge in [0.1, 0.15) is 17.4 Å². The minimum absolute atomic E-state index is 0.183. The van der Waals surface area contributed by atoms with Gasteiger partial charge in [-0.3, -0.25) is 4.79 Å². The van der Waals surface area contributed by atoms with Crippen LogP contribution in [-0.2, 0) is 22.5 Å². The van der Waals surface area contributed by atoms with Crippen molar-refractivity contribution < 1.29 is 9.53 Å². The van der Waals surface area contributed by atoms with Gasteiger partial charge in [0.15, 0.2) is 5.65 Å². The summed E-state index contributed by atoms with van der Waals surface area (Å²) < 4.78 is 7.84. The van der Waals surface area contributed by atoms with Crippen LogP contribution in [0.2, 0.25) is 0 Å². The number of rotatable bonds is 5. The minimum Gasteiger partial charge on any atom is -0.368 e. The van der Waals surface area contributed by atoms with Crippen LogP contribution in [0, 0.1) is 11.8 Å². The molecule has 0 aliphatic carbocycles. The summed E-state index contributed by atoms with van der Waals surface area (Å²) in [4.78, 5) is 24.0. The molecule has 0 N–H and O–H groups in total. The van der Waals surface area contributed by atoms with Crippen LogP contribution in [0.4, 0.5) is 0 Å². The summed E-state index contributed by atoms with van der Waals surface area (Å²) >= 11 is 0. The van der Waals surface area contributed by atoms with Crippen molar-refractivity contribution >= 4 is 17.1 Å². The number of imidazole rings is 1. The van der Waals surface area contributed by atoms with Crippen LogP contribution >= 0.6 is 0 Å². The van der Waals surface area contributed by atoms with E-state index in [9.17, 15) is 4.79 Å². The molecule has 2 aromatic rings. The number of carbonyl (C=O) groups is 1. The third-order valence-corrected chi connectivity index (χ3v) is 5.40. The summed E-state index contributed by atoms with van der Waals surface area (Å²) in [5.74, 6) is 2.28. The van der Waals surface area contributed by atoms with Crippen LogP contribution in [0.5, 0.6) is 0 Å². The molecule has 0 radical (unpaired) electrons. The normalized spacial score (nSPS) is 23.4. The molecule has 0 unspecified atom stereocenters. The smallest absolute Gasteiger partial charge is 0.251 e. The van der Waals surface area contributed by atoms with Gasteiger partial charge in [0.05, 0.1) is 0 Å². The number of pyridine rings is 1. The predicted octanol–water partition coefficient (Wildman–Crippen LogP) is 2.66. The van der Waals surface area contributed by atoms with Gasteiger partial charge in [0.2, 0.25) is 0 Å². The van der Waals surface area contributed by atoms with Gasteiger partial charge < -0.3 is 14.2 Å². The maximum Gasteiger partial charge on any atom is 0.251 e. The van der Waals surface area contributed by atoms with Crippen molar-refractivity contribution in [2.75, 3.05) is 19.7 Å². The number of aromatic nitrogens is 3. The number of fused-ring (bicyclic) bond motifs is 1. The lowest BCUT2D eigenvalue weighted by atomic mass is 10.0. The SMILES string of the molecule is CC(C)Cn1c(C[C@@H]2CCN(C(=O)[C@@H]3CCCO3)C2)nc2cccnc21. The quantitative estimate of drug-likeness (QED) is 0.826. The monoisotopic (exact) mass is 356 g/mol. The zero-order valence-electron chi connectivity index (χ0n) is 15.7. The average molecular weight is 356 g/mol. The second kappa shape index (κ2) is 7.35. The molecule has 140 valence electrons. The second-order valence-corrected chi connectivity index (χ2v) is 8.02. The van der Waals surface area contributed by atoms with Crippen LogP contribution in [0.15, 0.2) is 18.3 Å². The number of hydrogen-bond acceptors (Lipinski definition) is 4. The number of ether oxygens (including phenoxy) is 1. The lowest BCUT2D eigenvalue weighted by Gasteiger charge is -2.20. The van der Waals surface area contributed by atoms with Crippen molar-refractivity contribution in [2.24, 2.45) is 11.8 Å². The van der Waals surface area contributed by atoms with Gasteiger partial charge in [-0.15, -0.1) is 0 Å². The van der Waals surface area contributed by atoms with Crippen LogP contribution in [0.1, 0.15) is 38.9 Å². The minimum atomic E-state index is -0.205. The molecule has 0 aromatic carbocycles. The highest BCUT2D eigenvalue weighted by Crippen LogP contribution is 2.25. The highest BCUT2D eigenvalue weighted by atomic mass is 16.5. The first-order valence-corrected chi connectivity index (χ1v) is 9.82. The zero-order chi connectivity index (χ0) is 18.1. The van der Waals surface area contributed by atoms with E-state index in [1.807, 2.05) is 23.2 Å². The molecule has 4 heterocycles. The molecule has 1 amide bonds. The van der Waals surface area contributed by atoms with Crippen LogP contribution in [0.25, 0.3) is 11.2 Å². The summed E-state index contributed by atoms with van der Waals surface area (Å²) in [6.07, 6.45) is 5.44. The van der Waals surface area contributed by atoms with Crippen molar-refractivity contribution in [1.82, 2.24) is 19.4 Å². The maximum absolute atomic E-state index is 12.6. The van der Waals surface area contributed by atoms with Crippen molar-refractivity contribution in [2.45, 2.75) is 52.2 Å². The van der Waals surface area contributed by atoms with Gasteiger partial charge in [-0.25, -0.2) is 9.97 Å². The fourth-order valence-corrected chi connectivity index (χ4v) is 4.15. The van der Waals surface area contributed by atoms with Crippen LogP contribution < -0.4 is 0 Å². The number of hydrogen-bond donors (Lipinski definition) is 0. The Morgan fingerprint density at radius 2 is 2.27 bits per heavy atom. The number of carbonyl (C=O) groups excluding carboxylic acids is 1. The van der Waals surface area contributed by atoms with Gasteiger partial charge in [-0.05, 0) is 43.2 Å². The molecule has 0 bridgehead atoms. The van der Waals surface area contributed by atoms with E-state index in [1.165, 1.54) is 0 Å². The van der Waals surface area contributed by atoms with Crippen molar-refractivity contribution in [3.63, 3.8) is 0 Å². The summed E-state index contributed by atoms with van der Waals surface area (Å²) in [5.41, 5.74) is 1.94. The lowest BCUT2D eigenvalue weighted by Crippen LogP contribution is -2.37. The van der Waals surface area contributed by atoms with Crippen molar-refractivity contribution in [3.05, 3.63) is 24.2 Å². The van der Waals surface area contributed by atoms with Gasteiger partial charge in [0.25, 0.3) is 5.91 Å². The Hall–Kier alpha value is -1.95. The summed E-state index contributed by atoms with van der Waals surface area (Å²) in [7, 11) is 0. The molecule has 2 aliphatic rings. The van der Waals surface area contributed by atoms with Crippen molar-refractivity contribution in [1.29, 1.82) is 0 Å². The van der Waals surface area contributed by atoms with E-state index in [1.54, 1.807) is 0 Å². The number of nitrogens with zero attached hydrogens (tertiary/aromatic N) is 4. The Morgan fingerprint density at radius 3 is 3.04 bits per heavy atom. The molecule has 2 fully saturated rings. The molecule has 0 saturated carbocycles. The van der Waals surface area contributed by atoms with E-state index in [4.69, 9.17) is 9.72 Å². The van der Waals surface area contributed by atoms with E-state index < -0.39 is 0 Å². The van der Waals surface area contributed by atoms with E-state index in [0.717, 1.165) is 68.9 Å². The first-order chi connectivity index (χ1) is 12.6. The molecule has 2 aliphatic heterocycles. The fraction of sp³-hybridized carbons (Fsp3) is 0.650. The first kappa shape index (κ1) is 17.5. The molecule has 4 rings (SSSR count). The van der Waals surface area contributed by atoms with E-state index in [2.05, 4.69) is 23.4 Å². The molecule has 0 spiro atoms. The van der Waals surface area contributed by atoms with E-state index in [-0.39, 0.29) is 12.0 Å².